The fourth-order valence-electron chi connectivity index (χ4n) is 1.84. The molecule has 3 aromatic rings. The molecule has 3 rings (SSSR count). The van der Waals surface area contributed by atoms with Crippen LogP contribution in [0.1, 0.15) is 18.7 Å². The number of oxazole rings is 1. The number of hydrogen-bond donors (Lipinski definition) is 2. The Balaban J connectivity index is 2.07. The summed E-state index contributed by atoms with van der Waals surface area (Å²) in [7, 11) is 0. The lowest BCUT2D eigenvalue weighted by Crippen LogP contribution is -2.02. The minimum atomic E-state index is -0.267. The van der Waals surface area contributed by atoms with E-state index in [0.717, 1.165) is 10.9 Å². The van der Waals surface area contributed by atoms with Crippen molar-refractivity contribution >= 4 is 10.9 Å². The fraction of sp³-hybridized carbons (Fsp3) is 0.154. The molecule has 4 nitrogen and oxygen atoms in total. The second-order valence-corrected chi connectivity index (χ2v) is 4.27. The quantitative estimate of drug-likeness (QED) is 0.729. The summed E-state index contributed by atoms with van der Waals surface area (Å²) in [5.74, 6) is 0.811. The van der Waals surface area contributed by atoms with Crippen LogP contribution >= 0.6 is 0 Å². The van der Waals surface area contributed by atoms with Crippen LogP contribution in [-0.4, -0.2) is 9.97 Å². The highest BCUT2D eigenvalue weighted by Crippen LogP contribution is 2.25. The van der Waals surface area contributed by atoms with Crippen LogP contribution in [0.2, 0.25) is 0 Å². The molecule has 1 aromatic carbocycles. The zero-order valence-electron chi connectivity index (χ0n) is 9.77. The van der Waals surface area contributed by atoms with Gasteiger partial charge in [0.1, 0.15) is 17.3 Å². The minimum Gasteiger partial charge on any atom is -0.438 e. The number of fused-ring (bicyclic) bond motifs is 1. The molecule has 0 aliphatic rings. The number of rotatable bonds is 2. The average Bonchev–Trinajstić information content (AvgIpc) is 2.93. The topological polar surface area (TPSA) is 67.8 Å². The first-order valence-corrected chi connectivity index (χ1v) is 5.63. The molecular weight excluding hydrogens is 233 g/mol. The highest BCUT2D eigenvalue weighted by molar-refractivity contribution is 5.84. The van der Waals surface area contributed by atoms with E-state index in [9.17, 15) is 4.39 Å². The van der Waals surface area contributed by atoms with Gasteiger partial charge < -0.3 is 15.1 Å². The molecule has 3 N–H and O–H groups in total. The van der Waals surface area contributed by atoms with E-state index < -0.39 is 0 Å². The van der Waals surface area contributed by atoms with Crippen LogP contribution in [0, 0.1) is 5.82 Å². The number of nitrogens with one attached hydrogen (secondary N) is 1. The van der Waals surface area contributed by atoms with Gasteiger partial charge in [-0.15, -0.1) is 0 Å². The lowest BCUT2D eigenvalue weighted by atomic mass is 10.2. The van der Waals surface area contributed by atoms with Gasteiger partial charge >= 0.3 is 0 Å². The molecule has 0 radical (unpaired) electrons. The predicted molar refractivity (Wildman–Crippen MR) is 66.4 cm³/mol. The Morgan fingerprint density at radius 3 is 2.94 bits per heavy atom. The summed E-state index contributed by atoms with van der Waals surface area (Å²) >= 11 is 0. The Morgan fingerprint density at radius 1 is 1.39 bits per heavy atom. The van der Waals surface area contributed by atoms with Gasteiger partial charge in [-0.25, -0.2) is 9.37 Å². The predicted octanol–water partition coefficient (Wildman–Crippen LogP) is 2.98. The van der Waals surface area contributed by atoms with Crippen molar-refractivity contribution in [3.8, 4) is 11.6 Å². The third-order valence-corrected chi connectivity index (χ3v) is 2.79. The lowest BCUT2D eigenvalue weighted by Gasteiger charge is -1.96. The summed E-state index contributed by atoms with van der Waals surface area (Å²) in [6, 6.07) is 6.16. The molecule has 18 heavy (non-hydrogen) atoms. The molecule has 0 aliphatic heterocycles. The van der Waals surface area contributed by atoms with Crippen LogP contribution in [-0.2, 0) is 0 Å². The first kappa shape index (κ1) is 11.0. The van der Waals surface area contributed by atoms with E-state index in [-0.39, 0.29) is 11.9 Å². The van der Waals surface area contributed by atoms with Crippen molar-refractivity contribution in [3.63, 3.8) is 0 Å². The van der Waals surface area contributed by atoms with Crippen molar-refractivity contribution in [2.45, 2.75) is 13.0 Å². The van der Waals surface area contributed by atoms with Gasteiger partial charge in [0.25, 0.3) is 0 Å². The lowest BCUT2D eigenvalue weighted by molar-refractivity contribution is 0.487. The third kappa shape index (κ3) is 1.78. The number of hydrogen-bond acceptors (Lipinski definition) is 3. The smallest absolute Gasteiger partial charge is 0.243 e. The molecule has 92 valence electrons. The molecule has 2 heterocycles. The number of aromatic nitrogens is 2. The molecular formula is C13H12FN3O. The molecule has 5 heteroatoms. The van der Waals surface area contributed by atoms with Crippen molar-refractivity contribution in [3.05, 3.63) is 42.0 Å². The number of aromatic amines is 1. The van der Waals surface area contributed by atoms with Crippen LogP contribution in [0.4, 0.5) is 4.39 Å². The second-order valence-electron chi connectivity index (χ2n) is 4.27. The number of nitrogens with two attached hydrogens (primary N) is 1. The highest BCUT2D eigenvalue weighted by Gasteiger charge is 2.12. The standard InChI is InChI=1S/C13H12FN3O/c1-7(15)12-6-16-13(18-12)11-5-8-4-9(14)2-3-10(8)17-11/h2-7,17H,15H2,1H3. The molecule has 1 atom stereocenters. The van der Waals surface area contributed by atoms with E-state index in [1.165, 1.54) is 12.1 Å². The van der Waals surface area contributed by atoms with Crippen molar-refractivity contribution in [1.29, 1.82) is 0 Å². The molecule has 0 fully saturated rings. The molecule has 2 aromatic heterocycles. The first-order valence-electron chi connectivity index (χ1n) is 5.63. The summed E-state index contributed by atoms with van der Waals surface area (Å²) in [6.07, 6.45) is 1.60. The van der Waals surface area contributed by atoms with Gasteiger partial charge in [0.15, 0.2) is 0 Å². The van der Waals surface area contributed by atoms with Gasteiger partial charge in [0.05, 0.1) is 12.2 Å². The van der Waals surface area contributed by atoms with Gasteiger partial charge in [0.2, 0.25) is 5.89 Å². The van der Waals surface area contributed by atoms with Gasteiger partial charge in [0, 0.05) is 10.9 Å². The average molecular weight is 245 g/mol. The van der Waals surface area contributed by atoms with Crippen molar-refractivity contribution in [1.82, 2.24) is 9.97 Å². The largest absolute Gasteiger partial charge is 0.438 e. The summed E-state index contributed by atoms with van der Waals surface area (Å²) in [4.78, 5) is 7.28. The van der Waals surface area contributed by atoms with Gasteiger partial charge in [-0.1, -0.05) is 0 Å². The maximum Gasteiger partial charge on any atom is 0.243 e. The second kappa shape index (κ2) is 3.96. The molecule has 0 saturated heterocycles. The molecule has 0 spiro atoms. The van der Waals surface area contributed by atoms with E-state index in [0.29, 0.717) is 17.3 Å². The normalized spacial score (nSPS) is 13.1. The van der Waals surface area contributed by atoms with Crippen LogP contribution in [0.25, 0.3) is 22.5 Å². The van der Waals surface area contributed by atoms with E-state index in [1.54, 1.807) is 18.3 Å². The Bertz CT molecular complexity index is 699. The molecule has 0 amide bonds. The van der Waals surface area contributed by atoms with E-state index >= 15 is 0 Å². The van der Waals surface area contributed by atoms with Crippen LogP contribution in [0.15, 0.2) is 34.9 Å². The Labute approximate surface area is 103 Å². The maximum absolute atomic E-state index is 13.1. The molecule has 1 unspecified atom stereocenters. The summed E-state index contributed by atoms with van der Waals surface area (Å²) in [6.45, 7) is 1.82. The Kier molecular flexibility index (Phi) is 2.41. The van der Waals surface area contributed by atoms with Crippen molar-refractivity contribution in [2.75, 3.05) is 0 Å². The number of nitrogens with zero attached hydrogens (tertiary/aromatic N) is 1. The number of halogens is 1. The third-order valence-electron chi connectivity index (χ3n) is 2.79. The highest BCUT2D eigenvalue weighted by atomic mass is 19.1. The molecule has 0 aliphatic carbocycles. The van der Waals surface area contributed by atoms with Crippen molar-refractivity contribution < 1.29 is 8.81 Å². The van der Waals surface area contributed by atoms with E-state index in [1.807, 2.05) is 6.92 Å². The monoisotopic (exact) mass is 245 g/mol. The Hall–Kier alpha value is -2.14. The van der Waals surface area contributed by atoms with Gasteiger partial charge in [-0.05, 0) is 31.2 Å². The summed E-state index contributed by atoms with van der Waals surface area (Å²) < 4.78 is 18.6. The summed E-state index contributed by atoms with van der Waals surface area (Å²) in [5.41, 5.74) is 7.26. The fourth-order valence-corrected chi connectivity index (χ4v) is 1.84. The number of benzene rings is 1. The summed E-state index contributed by atoms with van der Waals surface area (Å²) in [5, 5.41) is 0.783. The van der Waals surface area contributed by atoms with E-state index in [2.05, 4.69) is 9.97 Å². The van der Waals surface area contributed by atoms with Crippen LogP contribution in [0.5, 0.6) is 0 Å². The molecule has 0 bridgehead atoms. The first-order chi connectivity index (χ1) is 8.63. The van der Waals surface area contributed by atoms with Gasteiger partial charge in [-0.2, -0.15) is 0 Å². The Morgan fingerprint density at radius 2 is 2.22 bits per heavy atom. The van der Waals surface area contributed by atoms with E-state index in [4.69, 9.17) is 10.2 Å². The molecule has 0 saturated carbocycles. The van der Waals surface area contributed by atoms with Crippen LogP contribution in [0.3, 0.4) is 0 Å². The zero-order chi connectivity index (χ0) is 12.7. The number of H-pyrrole nitrogens is 1. The minimum absolute atomic E-state index is 0.201. The zero-order valence-corrected chi connectivity index (χ0v) is 9.77. The maximum atomic E-state index is 13.1. The van der Waals surface area contributed by atoms with Crippen molar-refractivity contribution in [2.24, 2.45) is 5.73 Å². The van der Waals surface area contributed by atoms with Crippen LogP contribution < -0.4 is 5.73 Å². The SMILES string of the molecule is CC(N)c1cnc(-c2cc3cc(F)ccc3[nH]2)o1. The van der Waals surface area contributed by atoms with Gasteiger partial charge in [-0.3, -0.25) is 0 Å².